The lowest BCUT2D eigenvalue weighted by Crippen LogP contribution is -2.10. The highest BCUT2D eigenvalue weighted by Crippen LogP contribution is 2.35. The van der Waals surface area contributed by atoms with Crippen LogP contribution in [0.15, 0.2) is 35.4 Å². The fourth-order valence-corrected chi connectivity index (χ4v) is 2.93. The Morgan fingerprint density at radius 2 is 1.79 bits per heavy atom. The first-order valence-corrected chi connectivity index (χ1v) is 8.76. The van der Waals surface area contributed by atoms with Gasteiger partial charge in [-0.05, 0) is 31.2 Å². The van der Waals surface area contributed by atoms with Gasteiger partial charge in [-0.1, -0.05) is 37.0 Å². The number of pyridine rings is 1. The Hall–Kier alpha value is -1.31. The van der Waals surface area contributed by atoms with Crippen molar-refractivity contribution < 1.29 is 17.4 Å². The van der Waals surface area contributed by atoms with Crippen LogP contribution in [0, 0.1) is 6.92 Å². The van der Waals surface area contributed by atoms with Crippen LogP contribution in [0.3, 0.4) is 0 Å². The zero-order valence-electron chi connectivity index (χ0n) is 13.0. The summed E-state index contributed by atoms with van der Waals surface area (Å²) in [6.45, 7) is 5.65. The van der Waals surface area contributed by atoms with Gasteiger partial charge in [0.15, 0.2) is 0 Å². The number of nitrogens with one attached hydrogen (secondary N) is 1. The van der Waals surface area contributed by atoms with E-state index in [-0.39, 0.29) is 4.90 Å². The molecule has 24 heavy (non-hydrogen) atoms. The van der Waals surface area contributed by atoms with Crippen molar-refractivity contribution in [3.63, 3.8) is 0 Å². The van der Waals surface area contributed by atoms with Crippen LogP contribution >= 0.6 is 23.2 Å². The second-order valence-electron chi connectivity index (χ2n) is 4.30. The smallest absolute Gasteiger partial charge is 0.299 e. The zero-order chi connectivity index (χ0) is 18.5. The second-order valence-corrected chi connectivity index (χ2v) is 6.35. The average Bonchev–Trinajstić information content (AvgIpc) is 2.52. The Kier molecular flexibility index (Phi) is 7.51. The predicted octanol–water partition coefficient (Wildman–Crippen LogP) is 5.88. The number of hydrogen-bond acceptors (Lipinski definition) is 2. The molecule has 1 heterocycles. The van der Waals surface area contributed by atoms with Crippen molar-refractivity contribution in [3.8, 4) is 0 Å². The van der Waals surface area contributed by atoms with E-state index in [9.17, 15) is 17.4 Å². The van der Waals surface area contributed by atoms with Crippen molar-refractivity contribution in [3.05, 3.63) is 51.8 Å². The molecule has 0 aliphatic carbocycles. The van der Waals surface area contributed by atoms with Gasteiger partial charge >= 0.3 is 6.18 Å². The normalized spacial score (nSPS) is 12.2. The second kappa shape index (κ2) is 8.69. The maximum Gasteiger partial charge on any atom is 0.417 e. The summed E-state index contributed by atoms with van der Waals surface area (Å²) in [6.07, 6.45) is -3.21. The molecule has 1 aromatic carbocycles. The number of alkyl halides is 3. The largest absolute Gasteiger partial charge is 0.417 e. The van der Waals surface area contributed by atoms with Gasteiger partial charge < -0.3 is 0 Å². The number of anilines is 1. The van der Waals surface area contributed by atoms with Crippen LogP contribution in [0.25, 0.3) is 0 Å². The summed E-state index contributed by atoms with van der Waals surface area (Å²) >= 11 is 11.3. The van der Waals surface area contributed by atoms with Crippen molar-refractivity contribution >= 4 is 39.9 Å². The van der Waals surface area contributed by atoms with E-state index < -0.39 is 27.7 Å². The average molecular weight is 399 g/mol. The lowest BCUT2D eigenvalue weighted by atomic mass is 10.2. The van der Waals surface area contributed by atoms with Crippen LogP contribution in [-0.4, -0.2) is 9.19 Å². The summed E-state index contributed by atoms with van der Waals surface area (Å²) in [4.78, 5) is 3.91. The standard InChI is InChI=1S/C13H9Cl2F3N2OS.C2H6/c1-7-12(4-8(14)6-19-7)20-22(21)9-2-3-11(15)10(5-9)13(16,17)18;1-2/h2-6,20H,1H3;1-2H3. The minimum absolute atomic E-state index is 0.0592. The Morgan fingerprint density at radius 3 is 2.38 bits per heavy atom. The van der Waals surface area contributed by atoms with Crippen LogP contribution in [0.2, 0.25) is 10.0 Å². The molecule has 0 saturated heterocycles. The van der Waals surface area contributed by atoms with Crippen LogP contribution in [0.1, 0.15) is 25.1 Å². The third-order valence-electron chi connectivity index (χ3n) is 2.71. The molecule has 2 aromatic rings. The van der Waals surface area contributed by atoms with E-state index in [4.69, 9.17) is 23.2 Å². The number of benzene rings is 1. The van der Waals surface area contributed by atoms with Gasteiger partial charge in [0, 0.05) is 6.20 Å². The fourth-order valence-electron chi connectivity index (χ4n) is 1.61. The summed E-state index contributed by atoms with van der Waals surface area (Å²) in [6, 6.07) is 4.55. The Balaban J connectivity index is 0.00000139. The van der Waals surface area contributed by atoms with Gasteiger partial charge in [-0.2, -0.15) is 13.2 Å². The van der Waals surface area contributed by atoms with Crippen molar-refractivity contribution in [1.29, 1.82) is 0 Å². The van der Waals surface area contributed by atoms with Gasteiger partial charge in [0.1, 0.15) is 11.0 Å². The van der Waals surface area contributed by atoms with Crippen molar-refractivity contribution in [2.24, 2.45) is 0 Å². The van der Waals surface area contributed by atoms with Crippen LogP contribution in [-0.2, 0) is 17.2 Å². The van der Waals surface area contributed by atoms with E-state index in [0.717, 1.165) is 12.1 Å². The molecule has 0 fully saturated rings. The fraction of sp³-hybridized carbons (Fsp3) is 0.267. The molecule has 0 spiro atoms. The molecule has 1 atom stereocenters. The van der Waals surface area contributed by atoms with Gasteiger partial charge in [0.05, 0.1) is 31.9 Å². The van der Waals surface area contributed by atoms with Crippen LogP contribution in [0.5, 0.6) is 0 Å². The number of nitrogens with zero attached hydrogens (tertiary/aromatic N) is 1. The Bertz CT molecular complexity index is 739. The lowest BCUT2D eigenvalue weighted by molar-refractivity contribution is -0.137. The number of hydrogen-bond donors (Lipinski definition) is 1. The molecule has 1 aromatic heterocycles. The van der Waals surface area contributed by atoms with Crippen molar-refractivity contribution in [2.75, 3.05) is 4.72 Å². The molecular weight excluding hydrogens is 384 g/mol. The third kappa shape index (κ3) is 5.36. The molecule has 0 saturated carbocycles. The first-order valence-electron chi connectivity index (χ1n) is 6.86. The van der Waals surface area contributed by atoms with E-state index >= 15 is 0 Å². The Morgan fingerprint density at radius 1 is 1.17 bits per heavy atom. The molecule has 0 amide bonds. The quantitative estimate of drug-likeness (QED) is 0.701. The van der Waals surface area contributed by atoms with Gasteiger partial charge in [0.25, 0.3) is 0 Å². The summed E-state index contributed by atoms with van der Waals surface area (Å²) in [5.41, 5.74) is -0.153. The summed E-state index contributed by atoms with van der Waals surface area (Å²) in [7, 11) is -1.91. The molecule has 0 aliphatic rings. The van der Waals surface area contributed by atoms with E-state index in [2.05, 4.69) is 9.71 Å². The number of aromatic nitrogens is 1. The van der Waals surface area contributed by atoms with E-state index in [1.165, 1.54) is 18.3 Å². The molecule has 0 radical (unpaired) electrons. The molecule has 9 heteroatoms. The minimum Gasteiger partial charge on any atom is -0.299 e. The maximum absolute atomic E-state index is 12.8. The third-order valence-corrected chi connectivity index (χ3v) is 4.34. The lowest BCUT2D eigenvalue weighted by Gasteiger charge is -2.12. The maximum atomic E-state index is 12.8. The SMILES string of the molecule is CC.Cc1ncc(Cl)cc1NS(=O)c1ccc(Cl)c(C(F)(F)F)c1. The predicted molar refractivity (Wildman–Crippen MR) is 91.8 cm³/mol. The van der Waals surface area contributed by atoms with E-state index in [1.807, 2.05) is 13.8 Å². The molecule has 3 nitrogen and oxygen atoms in total. The molecule has 1 unspecified atom stereocenters. The molecule has 1 N–H and O–H groups in total. The van der Waals surface area contributed by atoms with E-state index in [1.54, 1.807) is 6.92 Å². The zero-order valence-corrected chi connectivity index (χ0v) is 15.4. The van der Waals surface area contributed by atoms with Crippen molar-refractivity contribution in [1.82, 2.24) is 4.98 Å². The molecular formula is C15H15Cl2F3N2OS. The summed E-state index contributed by atoms with van der Waals surface area (Å²) < 4.78 is 53.2. The summed E-state index contributed by atoms with van der Waals surface area (Å²) in [5.74, 6) is 0. The number of halogens is 5. The highest BCUT2D eigenvalue weighted by molar-refractivity contribution is 7.86. The minimum atomic E-state index is -4.62. The first-order chi connectivity index (χ1) is 11.2. The monoisotopic (exact) mass is 398 g/mol. The molecule has 132 valence electrons. The highest BCUT2D eigenvalue weighted by Gasteiger charge is 2.33. The summed E-state index contributed by atoms with van der Waals surface area (Å²) in [5, 5.41) is -0.133. The van der Waals surface area contributed by atoms with Crippen LogP contribution in [0.4, 0.5) is 18.9 Å². The first kappa shape index (κ1) is 20.7. The Labute approximate surface area is 150 Å². The van der Waals surface area contributed by atoms with Gasteiger partial charge in [-0.15, -0.1) is 0 Å². The highest BCUT2D eigenvalue weighted by atomic mass is 35.5. The number of aryl methyl sites for hydroxylation is 1. The van der Waals surface area contributed by atoms with Gasteiger partial charge in [-0.25, -0.2) is 4.21 Å². The van der Waals surface area contributed by atoms with Crippen LogP contribution < -0.4 is 4.72 Å². The molecule has 0 aliphatic heterocycles. The topological polar surface area (TPSA) is 42.0 Å². The molecule has 2 rings (SSSR count). The van der Waals surface area contributed by atoms with E-state index in [0.29, 0.717) is 16.4 Å². The van der Waals surface area contributed by atoms with Gasteiger partial charge in [0.2, 0.25) is 0 Å². The van der Waals surface area contributed by atoms with Gasteiger partial charge in [-0.3, -0.25) is 9.71 Å². The molecule has 0 bridgehead atoms. The van der Waals surface area contributed by atoms with Crippen molar-refractivity contribution in [2.45, 2.75) is 31.8 Å². The number of rotatable bonds is 3.